The fourth-order valence-corrected chi connectivity index (χ4v) is 5.25. The van der Waals surface area contributed by atoms with Crippen molar-refractivity contribution in [2.75, 3.05) is 34.8 Å². The number of aromatic nitrogens is 1. The van der Waals surface area contributed by atoms with Crippen LogP contribution in [-0.4, -0.2) is 47.6 Å². The number of carboxylic acid groups (broad SMARTS) is 1. The molecule has 7 heteroatoms. The lowest BCUT2D eigenvalue weighted by Gasteiger charge is -2.34. The smallest absolute Gasteiger partial charge is 0.327 e. The highest BCUT2D eigenvalue weighted by Gasteiger charge is 2.36. The van der Waals surface area contributed by atoms with Gasteiger partial charge in [0.1, 0.15) is 11.9 Å². The number of fused-ring (bicyclic) bond motifs is 1. The summed E-state index contributed by atoms with van der Waals surface area (Å²) in [5.41, 5.74) is 4.87. The van der Waals surface area contributed by atoms with E-state index in [0.29, 0.717) is 11.6 Å². The highest BCUT2D eigenvalue weighted by atomic mass is 16.4. The summed E-state index contributed by atoms with van der Waals surface area (Å²) in [6, 6.07) is 18.7. The van der Waals surface area contributed by atoms with Gasteiger partial charge in [-0.2, -0.15) is 0 Å². The minimum Gasteiger partial charge on any atom is -0.480 e. The molecule has 0 saturated carbocycles. The first-order valence-corrected chi connectivity index (χ1v) is 12.6. The van der Waals surface area contributed by atoms with E-state index in [0.717, 1.165) is 55.1 Å². The zero-order valence-electron chi connectivity index (χ0n) is 20.6. The fraction of sp³-hybridized carbons (Fsp3) is 0.345. The predicted molar refractivity (Wildman–Crippen MR) is 142 cm³/mol. The van der Waals surface area contributed by atoms with Crippen LogP contribution in [0.4, 0.5) is 17.2 Å². The second-order valence-electron chi connectivity index (χ2n) is 9.82. The lowest BCUT2D eigenvalue weighted by atomic mass is 9.96. The number of para-hydroxylation sites is 1. The minimum atomic E-state index is -0.985. The number of carboxylic acids is 1. The lowest BCUT2D eigenvalue weighted by Crippen LogP contribution is -2.44. The standard InChI is InChI=1S/C29H32N4O3/c1-20-10-13-30-27(16-20)31-19-22-11-14-32(15-12-22)24-8-6-21(7-9-24)17-26(29(35)36)33-25-5-3-2-4-23(25)18-28(33)34/h2-10,13,16,22,26H,11-12,14-15,17-19H2,1H3,(H,30,31)(H,35,36). The summed E-state index contributed by atoms with van der Waals surface area (Å²) in [5.74, 6) is 0.406. The van der Waals surface area contributed by atoms with E-state index >= 15 is 0 Å². The highest BCUT2D eigenvalue weighted by Crippen LogP contribution is 2.32. The maximum Gasteiger partial charge on any atom is 0.327 e. The second kappa shape index (κ2) is 10.4. The third kappa shape index (κ3) is 5.20. The molecule has 7 nitrogen and oxygen atoms in total. The van der Waals surface area contributed by atoms with Gasteiger partial charge in [0, 0.05) is 43.6 Å². The molecule has 1 unspecified atom stereocenters. The maximum atomic E-state index is 12.6. The van der Waals surface area contributed by atoms with Crippen molar-refractivity contribution in [3.63, 3.8) is 0 Å². The van der Waals surface area contributed by atoms with E-state index in [4.69, 9.17) is 0 Å². The van der Waals surface area contributed by atoms with Crippen LogP contribution in [0.5, 0.6) is 0 Å². The number of piperidine rings is 1. The molecule has 2 aromatic carbocycles. The maximum absolute atomic E-state index is 12.6. The van der Waals surface area contributed by atoms with E-state index in [-0.39, 0.29) is 18.7 Å². The van der Waals surface area contributed by atoms with Gasteiger partial charge in [-0.1, -0.05) is 30.3 Å². The van der Waals surface area contributed by atoms with Crippen LogP contribution in [0.3, 0.4) is 0 Å². The Kier molecular flexibility index (Phi) is 6.89. The van der Waals surface area contributed by atoms with E-state index < -0.39 is 12.0 Å². The molecule has 1 amide bonds. The van der Waals surface area contributed by atoms with Crippen molar-refractivity contribution in [3.8, 4) is 0 Å². The fourth-order valence-electron chi connectivity index (χ4n) is 5.25. The Labute approximate surface area is 211 Å². The molecule has 1 saturated heterocycles. The van der Waals surface area contributed by atoms with Crippen molar-refractivity contribution < 1.29 is 14.7 Å². The monoisotopic (exact) mass is 484 g/mol. The number of aryl methyl sites for hydroxylation is 1. The quantitative estimate of drug-likeness (QED) is 0.496. The normalized spacial score (nSPS) is 16.6. The summed E-state index contributed by atoms with van der Waals surface area (Å²) >= 11 is 0. The first kappa shape index (κ1) is 23.9. The van der Waals surface area contributed by atoms with Gasteiger partial charge >= 0.3 is 5.97 Å². The van der Waals surface area contributed by atoms with Crippen LogP contribution in [0, 0.1) is 12.8 Å². The van der Waals surface area contributed by atoms with Gasteiger partial charge in [0.15, 0.2) is 0 Å². The average molecular weight is 485 g/mol. The number of nitrogens with zero attached hydrogens (tertiary/aromatic N) is 3. The van der Waals surface area contributed by atoms with Gasteiger partial charge in [-0.3, -0.25) is 9.69 Å². The molecule has 2 aliphatic rings. The molecule has 2 aliphatic heterocycles. The van der Waals surface area contributed by atoms with Crippen molar-refractivity contribution >= 4 is 29.1 Å². The summed E-state index contributed by atoms with van der Waals surface area (Å²) in [7, 11) is 0. The van der Waals surface area contributed by atoms with Crippen molar-refractivity contribution in [2.45, 2.75) is 38.6 Å². The molecule has 1 fully saturated rings. The second-order valence-corrected chi connectivity index (χ2v) is 9.82. The molecule has 1 atom stereocenters. The Morgan fingerprint density at radius 3 is 2.58 bits per heavy atom. The van der Waals surface area contributed by atoms with Gasteiger partial charge in [-0.15, -0.1) is 0 Å². The van der Waals surface area contributed by atoms with Crippen LogP contribution in [0.25, 0.3) is 0 Å². The van der Waals surface area contributed by atoms with E-state index in [9.17, 15) is 14.7 Å². The first-order valence-electron chi connectivity index (χ1n) is 12.6. The van der Waals surface area contributed by atoms with Crippen LogP contribution in [0.1, 0.15) is 29.5 Å². The number of aliphatic carboxylic acids is 1. The summed E-state index contributed by atoms with van der Waals surface area (Å²) < 4.78 is 0. The molecule has 1 aromatic heterocycles. The number of amides is 1. The Morgan fingerprint density at radius 1 is 1.11 bits per heavy atom. The third-order valence-electron chi connectivity index (χ3n) is 7.29. The molecule has 0 spiro atoms. The Bertz CT molecular complexity index is 1240. The van der Waals surface area contributed by atoms with Crippen molar-refractivity contribution in [2.24, 2.45) is 5.92 Å². The van der Waals surface area contributed by atoms with Crippen molar-refractivity contribution in [1.82, 2.24) is 4.98 Å². The molecule has 0 bridgehead atoms. The van der Waals surface area contributed by atoms with Gasteiger partial charge in [-0.05, 0) is 72.7 Å². The Balaban J connectivity index is 1.17. The molecular weight excluding hydrogens is 452 g/mol. The topological polar surface area (TPSA) is 85.8 Å². The van der Waals surface area contributed by atoms with Crippen LogP contribution < -0.4 is 15.1 Å². The number of hydrogen-bond acceptors (Lipinski definition) is 5. The summed E-state index contributed by atoms with van der Waals surface area (Å²) in [6.07, 6.45) is 4.59. The molecule has 3 heterocycles. The number of carbonyl (C=O) groups is 2. The van der Waals surface area contributed by atoms with E-state index in [1.807, 2.05) is 48.7 Å². The lowest BCUT2D eigenvalue weighted by molar-refractivity contribution is -0.140. The van der Waals surface area contributed by atoms with Gasteiger partial charge in [-0.25, -0.2) is 9.78 Å². The number of nitrogens with one attached hydrogen (secondary N) is 1. The third-order valence-corrected chi connectivity index (χ3v) is 7.29. The largest absolute Gasteiger partial charge is 0.480 e. The average Bonchev–Trinajstić information content (AvgIpc) is 3.22. The van der Waals surface area contributed by atoms with E-state index in [1.54, 1.807) is 0 Å². The Morgan fingerprint density at radius 2 is 1.86 bits per heavy atom. The number of benzene rings is 2. The molecule has 3 aromatic rings. The number of pyridine rings is 1. The Hall–Kier alpha value is -3.87. The number of rotatable bonds is 8. The predicted octanol–water partition coefficient (Wildman–Crippen LogP) is 4.30. The van der Waals surface area contributed by atoms with Crippen LogP contribution in [-0.2, 0) is 22.4 Å². The summed E-state index contributed by atoms with van der Waals surface area (Å²) in [5, 5.41) is 13.4. The SMILES string of the molecule is Cc1ccnc(NCC2CCN(c3ccc(CC(C(=O)O)N4C(=O)Cc5ccccc54)cc3)CC2)c1. The summed E-state index contributed by atoms with van der Waals surface area (Å²) in [4.78, 5) is 33.0. The molecule has 186 valence electrons. The zero-order chi connectivity index (χ0) is 25.1. The van der Waals surface area contributed by atoms with Crippen LogP contribution >= 0.6 is 0 Å². The molecular formula is C29H32N4O3. The number of anilines is 3. The highest BCUT2D eigenvalue weighted by molar-refractivity contribution is 6.05. The molecule has 5 rings (SSSR count). The van der Waals surface area contributed by atoms with Crippen LogP contribution in [0.2, 0.25) is 0 Å². The van der Waals surface area contributed by atoms with Crippen molar-refractivity contribution in [3.05, 3.63) is 83.6 Å². The molecule has 2 N–H and O–H groups in total. The van der Waals surface area contributed by atoms with Gasteiger partial charge in [0.25, 0.3) is 0 Å². The van der Waals surface area contributed by atoms with Gasteiger partial charge < -0.3 is 15.3 Å². The van der Waals surface area contributed by atoms with E-state index in [2.05, 4.69) is 40.3 Å². The van der Waals surface area contributed by atoms with Gasteiger partial charge in [0.2, 0.25) is 5.91 Å². The first-order chi connectivity index (χ1) is 17.5. The van der Waals surface area contributed by atoms with E-state index in [1.165, 1.54) is 10.5 Å². The van der Waals surface area contributed by atoms with Crippen LogP contribution in [0.15, 0.2) is 66.9 Å². The molecule has 0 aliphatic carbocycles. The molecule has 0 radical (unpaired) electrons. The van der Waals surface area contributed by atoms with Gasteiger partial charge in [0.05, 0.1) is 6.42 Å². The minimum absolute atomic E-state index is 0.157. The molecule has 36 heavy (non-hydrogen) atoms. The number of carbonyl (C=O) groups excluding carboxylic acids is 1. The van der Waals surface area contributed by atoms with Crippen molar-refractivity contribution in [1.29, 1.82) is 0 Å². The number of hydrogen-bond donors (Lipinski definition) is 2. The summed E-state index contributed by atoms with van der Waals surface area (Å²) in [6.45, 7) is 4.98. The zero-order valence-corrected chi connectivity index (χ0v) is 20.6.